The predicted octanol–water partition coefficient (Wildman–Crippen LogP) is 5.72. The molecule has 1 aromatic heterocycles. The van der Waals surface area contributed by atoms with E-state index in [0.717, 1.165) is 10.9 Å². The highest BCUT2D eigenvalue weighted by Gasteiger charge is 2.10. The van der Waals surface area contributed by atoms with Gasteiger partial charge < -0.3 is 4.42 Å². The van der Waals surface area contributed by atoms with Crippen LogP contribution in [-0.4, -0.2) is 0 Å². The SMILES string of the molecule is O=c1occ(C/C=C/C(c2ccccc2)c2ccccc2)c2ccccc12. The zero-order valence-electron chi connectivity index (χ0n) is 14.9. The average Bonchev–Trinajstić information content (AvgIpc) is 2.74. The van der Waals surface area contributed by atoms with Crippen LogP contribution in [0.2, 0.25) is 0 Å². The topological polar surface area (TPSA) is 30.2 Å². The summed E-state index contributed by atoms with van der Waals surface area (Å²) in [5.41, 5.74) is 3.24. The second kappa shape index (κ2) is 7.88. The third kappa shape index (κ3) is 3.75. The first-order valence-corrected chi connectivity index (χ1v) is 9.09. The van der Waals surface area contributed by atoms with Crippen LogP contribution in [-0.2, 0) is 6.42 Å². The lowest BCUT2D eigenvalue weighted by atomic mass is 9.90. The predicted molar refractivity (Wildman–Crippen MR) is 110 cm³/mol. The van der Waals surface area contributed by atoms with Crippen LogP contribution in [0, 0.1) is 0 Å². The lowest BCUT2D eigenvalue weighted by Gasteiger charge is -2.14. The van der Waals surface area contributed by atoms with E-state index in [-0.39, 0.29) is 11.5 Å². The van der Waals surface area contributed by atoms with Crippen molar-refractivity contribution in [3.05, 3.63) is 130 Å². The van der Waals surface area contributed by atoms with Gasteiger partial charge in [0, 0.05) is 5.92 Å². The van der Waals surface area contributed by atoms with E-state index in [1.807, 2.05) is 36.4 Å². The Bertz CT molecular complexity index is 1070. The minimum Gasteiger partial charge on any atom is -0.431 e. The van der Waals surface area contributed by atoms with Crippen LogP contribution in [0.5, 0.6) is 0 Å². The first kappa shape index (κ1) is 17.0. The van der Waals surface area contributed by atoms with Crippen molar-refractivity contribution in [3.8, 4) is 0 Å². The maximum Gasteiger partial charge on any atom is 0.343 e. The van der Waals surface area contributed by atoms with Crippen LogP contribution < -0.4 is 5.63 Å². The standard InChI is InChI=1S/C25H20O2/c26-25-24-16-8-7-15-23(24)21(18-27-25)14-9-17-22(19-10-3-1-4-11-19)20-12-5-2-6-13-20/h1-13,15-18,22H,14H2/b17-9+. The largest absolute Gasteiger partial charge is 0.431 e. The molecule has 0 amide bonds. The number of hydrogen-bond acceptors (Lipinski definition) is 2. The third-order valence-corrected chi connectivity index (χ3v) is 4.78. The molecule has 0 atom stereocenters. The average molecular weight is 352 g/mol. The Morgan fingerprint density at radius 2 is 1.30 bits per heavy atom. The molecule has 4 aromatic rings. The second-order valence-corrected chi connectivity index (χ2v) is 6.53. The molecule has 1 heterocycles. The van der Waals surface area contributed by atoms with Crippen molar-refractivity contribution in [3.63, 3.8) is 0 Å². The molecule has 0 aliphatic heterocycles. The van der Waals surface area contributed by atoms with Gasteiger partial charge in [-0.2, -0.15) is 0 Å². The van der Waals surface area contributed by atoms with E-state index >= 15 is 0 Å². The van der Waals surface area contributed by atoms with Crippen molar-refractivity contribution in [2.24, 2.45) is 0 Å². The fraction of sp³-hybridized carbons (Fsp3) is 0.0800. The number of fused-ring (bicyclic) bond motifs is 1. The quantitative estimate of drug-likeness (QED) is 0.430. The van der Waals surface area contributed by atoms with Crippen LogP contribution in [0.25, 0.3) is 10.8 Å². The minimum atomic E-state index is -0.287. The molecule has 0 radical (unpaired) electrons. The summed E-state index contributed by atoms with van der Waals surface area (Å²) in [5, 5.41) is 1.58. The van der Waals surface area contributed by atoms with Crippen molar-refractivity contribution in [1.82, 2.24) is 0 Å². The van der Waals surface area contributed by atoms with Crippen LogP contribution in [0.1, 0.15) is 22.6 Å². The summed E-state index contributed by atoms with van der Waals surface area (Å²) in [6.45, 7) is 0. The minimum absolute atomic E-state index is 0.189. The van der Waals surface area contributed by atoms with Crippen LogP contribution in [0.4, 0.5) is 0 Å². The van der Waals surface area contributed by atoms with E-state index in [2.05, 4.69) is 60.7 Å². The first-order valence-electron chi connectivity index (χ1n) is 9.09. The van der Waals surface area contributed by atoms with Crippen LogP contribution >= 0.6 is 0 Å². The van der Waals surface area contributed by atoms with Gasteiger partial charge in [0.1, 0.15) is 0 Å². The Morgan fingerprint density at radius 3 is 1.93 bits per heavy atom. The molecule has 2 nitrogen and oxygen atoms in total. The van der Waals surface area contributed by atoms with E-state index in [9.17, 15) is 4.79 Å². The van der Waals surface area contributed by atoms with E-state index < -0.39 is 0 Å². The van der Waals surface area contributed by atoms with Crippen molar-refractivity contribution in [2.75, 3.05) is 0 Å². The number of allylic oxidation sites excluding steroid dienone is 2. The summed E-state index contributed by atoms with van der Waals surface area (Å²) in [6, 6.07) is 28.5. The van der Waals surface area contributed by atoms with Crippen LogP contribution in [0.15, 0.2) is 113 Å². The Morgan fingerprint density at radius 1 is 0.741 bits per heavy atom. The Labute approximate surface area is 158 Å². The van der Waals surface area contributed by atoms with E-state index in [0.29, 0.717) is 11.8 Å². The molecule has 2 heteroatoms. The van der Waals surface area contributed by atoms with Crippen molar-refractivity contribution in [1.29, 1.82) is 0 Å². The second-order valence-electron chi connectivity index (χ2n) is 6.53. The molecule has 0 unspecified atom stereocenters. The highest BCUT2D eigenvalue weighted by atomic mass is 16.4. The molecule has 0 saturated heterocycles. The molecule has 3 aromatic carbocycles. The lowest BCUT2D eigenvalue weighted by Crippen LogP contribution is -2.01. The highest BCUT2D eigenvalue weighted by Crippen LogP contribution is 2.26. The number of benzene rings is 3. The fourth-order valence-electron chi connectivity index (χ4n) is 3.42. The van der Waals surface area contributed by atoms with Gasteiger partial charge in [-0.3, -0.25) is 0 Å². The monoisotopic (exact) mass is 352 g/mol. The van der Waals surface area contributed by atoms with Gasteiger partial charge in [0.15, 0.2) is 0 Å². The summed E-state index contributed by atoms with van der Waals surface area (Å²) in [5.74, 6) is 0.189. The van der Waals surface area contributed by atoms with Gasteiger partial charge in [0.25, 0.3) is 0 Å². The van der Waals surface area contributed by atoms with Crippen molar-refractivity contribution in [2.45, 2.75) is 12.3 Å². The summed E-state index contributed by atoms with van der Waals surface area (Å²) in [4.78, 5) is 11.9. The molecule has 27 heavy (non-hydrogen) atoms. The molecular formula is C25H20O2. The van der Waals surface area contributed by atoms with Crippen molar-refractivity contribution >= 4 is 10.8 Å². The molecule has 0 bridgehead atoms. The van der Waals surface area contributed by atoms with Gasteiger partial charge in [-0.15, -0.1) is 0 Å². The summed E-state index contributed by atoms with van der Waals surface area (Å²) < 4.78 is 5.21. The lowest BCUT2D eigenvalue weighted by molar-refractivity contribution is 0.514. The van der Waals surface area contributed by atoms with Gasteiger partial charge in [-0.1, -0.05) is 91.0 Å². The number of rotatable bonds is 5. The molecule has 0 saturated carbocycles. The zero-order chi connectivity index (χ0) is 18.5. The Balaban J connectivity index is 1.66. The normalized spacial score (nSPS) is 11.4. The third-order valence-electron chi connectivity index (χ3n) is 4.78. The first-order chi connectivity index (χ1) is 13.3. The number of hydrogen-bond donors (Lipinski definition) is 0. The van der Waals surface area contributed by atoms with Gasteiger partial charge in [0.05, 0.1) is 11.6 Å². The smallest absolute Gasteiger partial charge is 0.343 e. The fourth-order valence-corrected chi connectivity index (χ4v) is 3.42. The maximum atomic E-state index is 11.9. The highest BCUT2D eigenvalue weighted by molar-refractivity contribution is 5.84. The van der Waals surface area contributed by atoms with Gasteiger partial charge in [-0.05, 0) is 34.6 Å². The molecule has 132 valence electrons. The molecule has 0 N–H and O–H groups in total. The molecule has 0 fully saturated rings. The van der Waals surface area contributed by atoms with E-state index in [1.165, 1.54) is 11.1 Å². The van der Waals surface area contributed by atoms with Gasteiger partial charge >= 0.3 is 5.63 Å². The summed E-state index contributed by atoms with van der Waals surface area (Å²) in [6.07, 6.45) is 6.67. The van der Waals surface area contributed by atoms with Gasteiger partial charge in [-0.25, -0.2) is 4.79 Å². The molecule has 0 spiro atoms. The Kier molecular flexibility index (Phi) is 4.97. The molecule has 4 rings (SSSR count). The summed E-state index contributed by atoms with van der Waals surface area (Å²) >= 11 is 0. The van der Waals surface area contributed by atoms with Crippen LogP contribution in [0.3, 0.4) is 0 Å². The molecular weight excluding hydrogens is 332 g/mol. The van der Waals surface area contributed by atoms with E-state index in [4.69, 9.17) is 4.42 Å². The molecule has 0 aliphatic rings. The summed E-state index contributed by atoms with van der Waals surface area (Å²) in [7, 11) is 0. The maximum absolute atomic E-state index is 11.9. The zero-order valence-corrected chi connectivity index (χ0v) is 14.9. The van der Waals surface area contributed by atoms with Crippen molar-refractivity contribution < 1.29 is 4.42 Å². The molecule has 0 aliphatic carbocycles. The Hall–Kier alpha value is -3.39. The van der Waals surface area contributed by atoms with E-state index in [1.54, 1.807) is 6.26 Å². The van der Waals surface area contributed by atoms with Gasteiger partial charge in [0.2, 0.25) is 0 Å².